The van der Waals surface area contributed by atoms with Crippen molar-refractivity contribution in [2.45, 2.75) is 30.6 Å². The average Bonchev–Trinajstić information content (AvgIpc) is 3.09. The fourth-order valence-corrected chi connectivity index (χ4v) is 5.04. The fraction of sp³-hybridized carbons (Fsp3) is 0.647. The van der Waals surface area contributed by atoms with Crippen molar-refractivity contribution in [3.8, 4) is 0 Å². The van der Waals surface area contributed by atoms with Crippen LogP contribution in [0.1, 0.15) is 25.7 Å². The molecule has 0 saturated carbocycles. The predicted octanol–water partition coefficient (Wildman–Crippen LogP) is 2.22. The summed E-state index contributed by atoms with van der Waals surface area (Å²) in [5, 5.41) is 3.45. The van der Waals surface area contributed by atoms with Crippen LogP contribution in [0.4, 0.5) is 5.69 Å². The van der Waals surface area contributed by atoms with Gasteiger partial charge in [0.25, 0.3) is 0 Å². The van der Waals surface area contributed by atoms with Crippen LogP contribution >= 0.6 is 0 Å². The third kappa shape index (κ3) is 4.05. The fourth-order valence-electron chi connectivity index (χ4n) is 3.52. The van der Waals surface area contributed by atoms with E-state index in [9.17, 15) is 8.42 Å². The third-order valence-electron chi connectivity index (χ3n) is 4.87. The number of likely N-dealkylation sites (tertiary alicyclic amines) is 1. The molecule has 5 nitrogen and oxygen atoms in total. The minimum Gasteiger partial charge on any atom is -0.385 e. The first-order valence-electron chi connectivity index (χ1n) is 8.58. The highest BCUT2D eigenvalue weighted by Crippen LogP contribution is 2.22. The van der Waals surface area contributed by atoms with Gasteiger partial charge in [0, 0.05) is 31.9 Å². The van der Waals surface area contributed by atoms with Crippen molar-refractivity contribution in [1.82, 2.24) is 9.21 Å². The highest BCUT2D eigenvalue weighted by molar-refractivity contribution is 7.89. The van der Waals surface area contributed by atoms with Gasteiger partial charge < -0.3 is 10.2 Å². The average molecular weight is 337 g/mol. The highest BCUT2D eigenvalue weighted by Gasteiger charge is 2.26. The van der Waals surface area contributed by atoms with Gasteiger partial charge in [-0.15, -0.1) is 0 Å². The van der Waals surface area contributed by atoms with Crippen LogP contribution in [0.2, 0.25) is 0 Å². The van der Waals surface area contributed by atoms with Crippen LogP contribution in [-0.2, 0) is 10.0 Å². The molecule has 2 aliphatic heterocycles. The lowest BCUT2D eigenvalue weighted by Crippen LogP contribution is -2.35. The van der Waals surface area contributed by atoms with Crippen LogP contribution in [0.25, 0.3) is 0 Å². The molecule has 1 atom stereocenters. The Balaban J connectivity index is 1.58. The first-order chi connectivity index (χ1) is 11.1. The summed E-state index contributed by atoms with van der Waals surface area (Å²) in [5.74, 6) is 0.668. The minimum atomic E-state index is -3.30. The van der Waals surface area contributed by atoms with Crippen molar-refractivity contribution in [1.29, 1.82) is 0 Å². The van der Waals surface area contributed by atoms with E-state index in [0.29, 0.717) is 23.9 Å². The Morgan fingerprint density at radius 1 is 1.09 bits per heavy atom. The highest BCUT2D eigenvalue weighted by atomic mass is 32.2. The summed E-state index contributed by atoms with van der Waals surface area (Å²) in [6.07, 6.45) is 4.46. The van der Waals surface area contributed by atoms with Gasteiger partial charge in [-0.05, 0) is 69.5 Å². The Hall–Kier alpha value is -1.11. The Labute approximate surface area is 139 Å². The monoisotopic (exact) mass is 337 g/mol. The number of rotatable bonds is 5. The zero-order valence-electron chi connectivity index (χ0n) is 13.9. The second-order valence-corrected chi connectivity index (χ2v) is 8.72. The number of hydrogen-bond donors (Lipinski definition) is 1. The summed E-state index contributed by atoms with van der Waals surface area (Å²) in [5.41, 5.74) is 0.999. The molecule has 0 radical (unpaired) electrons. The molecule has 2 saturated heterocycles. The van der Waals surface area contributed by atoms with Crippen molar-refractivity contribution in [2.75, 3.05) is 45.1 Å². The number of benzene rings is 1. The molecular weight excluding hydrogens is 310 g/mol. The standard InChI is InChI=1S/C17H27N3O2S/c1-19-10-4-5-15(14-19)13-18-16-6-8-17(9-7-16)23(21,22)20-11-2-3-12-20/h6-9,15,18H,2-5,10-14H2,1H3. The SMILES string of the molecule is CN1CCCC(CNc2ccc(S(=O)(=O)N3CCCC3)cc2)C1. The van der Waals surface area contributed by atoms with Gasteiger partial charge in [0.05, 0.1) is 4.90 Å². The van der Waals surface area contributed by atoms with E-state index < -0.39 is 10.0 Å². The van der Waals surface area contributed by atoms with Crippen LogP contribution in [-0.4, -0.2) is 57.4 Å². The van der Waals surface area contributed by atoms with Crippen molar-refractivity contribution >= 4 is 15.7 Å². The van der Waals surface area contributed by atoms with Crippen molar-refractivity contribution in [3.63, 3.8) is 0 Å². The molecule has 128 valence electrons. The number of nitrogens with zero attached hydrogens (tertiary/aromatic N) is 2. The van der Waals surface area contributed by atoms with Crippen molar-refractivity contribution < 1.29 is 8.42 Å². The first-order valence-corrected chi connectivity index (χ1v) is 10.0. The lowest BCUT2D eigenvalue weighted by molar-refractivity contribution is 0.217. The van der Waals surface area contributed by atoms with Gasteiger partial charge in [-0.1, -0.05) is 0 Å². The van der Waals surface area contributed by atoms with Gasteiger partial charge >= 0.3 is 0 Å². The summed E-state index contributed by atoms with van der Waals surface area (Å²) in [6, 6.07) is 7.22. The summed E-state index contributed by atoms with van der Waals surface area (Å²) < 4.78 is 26.6. The zero-order valence-corrected chi connectivity index (χ0v) is 14.7. The molecule has 6 heteroatoms. The van der Waals surface area contributed by atoms with Crippen LogP contribution in [0.3, 0.4) is 0 Å². The predicted molar refractivity (Wildman–Crippen MR) is 93.1 cm³/mol. The van der Waals surface area contributed by atoms with Gasteiger partial charge in [-0.25, -0.2) is 8.42 Å². The number of piperidine rings is 1. The summed E-state index contributed by atoms with van der Waals surface area (Å²) >= 11 is 0. The molecule has 0 aromatic heterocycles. The molecular formula is C17H27N3O2S. The van der Waals surface area contributed by atoms with E-state index in [1.165, 1.54) is 19.4 Å². The number of sulfonamides is 1. The molecule has 2 heterocycles. The number of hydrogen-bond acceptors (Lipinski definition) is 4. The van der Waals surface area contributed by atoms with E-state index in [2.05, 4.69) is 17.3 Å². The molecule has 0 amide bonds. The maximum atomic E-state index is 12.5. The lowest BCUT2D eigenvalue weighted by atomic mass is 9.98. The third-order valence-corrected chi connectivity index (χ3v) is 6.79. The van der Waals surface area contributed by atoms with Gasteiger partial charge in [0.1, 0.15) is 0 Å². The molecule has 1 aromatic carbocycles. The van der Waals surface area contributed by atoms with E-state index in [-0.39, 0.29) is 0 Å². The molecule has 0 spiro atoms. The molecule has 1 aromatic rings. The van der Waals surface area contributed by atoms with Gasteiger partial charge in [0.15, 0.2) is 0 Å². The Morgan fingerprint density at radius 2 is 1.78 bits per heavy atom. The molecule has 3 rings (SSSR count). The van der Waals surface area contributed by atoms with E-state index in [0.717, 1.165) is 31.6 Å². The molecule has 0 bridgehead atoms. The normalized spacial score (nSPS) is 24.0. The Morgan fingerprint density at radius 3 is 2.43 bits per heavy atom. The van der Waals surface area contributed by atoms with E-state index in [4.69, 9.17) is 0 Å². The van der Waals surface area contributed by atoms with Gasteiger partial charge in [0.2, 0.25) is 10.0 Å². The van der Waals surface area contributed by atoms with Crippen LogP contribution in [0.5, 0.6) is 0 Å². The maximum absolute atomic E-state index is 12.5. The number of nitrogens with one attached hydrogen (secondary N) is 1. The second-order valence-electron chi connectivity index (χ2n) is 6.79. The van der Waals surface area contributed by atoms with E-state index in [1.54, 1.807) is 16.4 Å². The van der Waals surface area contributed by atoms with E-state index in [1.807, 2.05) is 12.1 Å². The maximum Gasteiger partial charge on any atom is 0.243 e. The molecule has 1 N–H and O–H groups in total. The summed E-state index contributed by atoms with van der Waals surface area (Å²) in [4.78, 5) is 2.78. The smallest absolute Gasteiger partial charge is 0.243 e. The van der Waals surface area contributed by atoms with E-state index >= 15 is 0 Å². The Kier molecular flexibility index (Phi) is 5.24. The number of anilines is 1. The minimum absolute atomic E-state index is 0.405. The molecule has 2 fully saturated rings. The zero-order chi connectivity index (χ0) is 16.3. The molecule has 2 aliphatic rings. The van der Waals surface area contributed by atoms with Crippen LogP contribution in [0, 0.1) is 5.92 Å². The first kappa shape index (κ1) is 16.7. The lowest BCUT2D eigenvalue weighted by Gasteiger charge is -2.30. The quantitative estimate of drug-likeness (QED) is 0.895. The van der Waals surface area contributed by atoms with Crippen LogP contribution < -0.4 is 5.32 Å². The second kappa shape index (κ2) is 7.20. The van der Waals surface area contributed by atoms with Crippen molar-refractivity contribution in [2.24, 2.45) is 5.92 Å². The molecule has 1 unspecified atom stereocenters. The Bertz CT molecular complexity index is 609. The van der Waals surface area contributed by atoms with Crippen molar-refractivity contribution in [3.05, 3.63) is 24.3 Å². The largest absolute Gasteiger partial charge is 0.385 e. The summed E-state index contributed by atoms with van der Waals surface area (Å²) in [7, 11) is -1.13. The summed E-state index contributed by atoms with van der Waals surface area (Å²) in [6.45, 7) is 4.58. The molecule has 0 aliphatic carbocycles. The van der Waals surface area contributed by atoms with Gasteiger partial charge in [-0.3, -0.25) is 0 Å². The molecule has 23 heavy (non-hydrogen) atoms. The van der Waals surface area contributed by atoms with Gasteiger partial charge in [-0.2, -0.15) is 4.31 Å². The van der Waals surface area contributed by atoms with Crippen LogP contribution in [0.15, 0.2) is 29.2 Å². The topological polar surface area (TPSA) is 52.7 Å².